The van der Waals surface area contributed by atoms with Gasteiger partial charge in [0, 0.05) is 25.9 Å². The Bertz CT molecular complexity index is 414. The number of nitrogens with zero attached hydrogens (tertiary/aromatic N) is 3. The van der Waals surface area contributed by atoms with Gasteiger partial charge in [0.25, 0.3) is 5.69 Å². The number of nitrogens with one attached hydrogen (secondary N) is 1. The number of rotatable bonds is 7. The van der Waals surface area contributed by atoms with E-state index < -0.39 is 4.92 Å². The molecule has 6 nitrogen and oxygen atoms in total. The van der Waals surface area contributed by atoms with Gasteiger partial charge in [-0.05, 0) is 13.2 Å². The van der Waals surface area contributed by atoms with Gasteiger partial charge in [-0.3, -0.25) is 10.1 Å². The highest BCUT2D eigenvalue weighted by molar-refractivity contribution is 7.98. The van der Waals surface area contributed by atoms with Gasteiger partial charge in [-0.15, -0.1) is 0 Å². The van der Waals surface area contributed by atoms with Gasteiger partial charge in [-0.1, -0.05) is 0 Å². The summed E-state index contributed by atoms with van der Waals surface area (Å²) < 4.78 is 0. The lowest BCUT2D eigenvalue weighted by Crippen LogP contribution is -2.21. The van der Waals surface area contributed by atoms with Gasteiger partial charge in [0.2, 0.25) is 0 Å². The SMILES string of the molecule is CCNc1cc([N+](=O)[O-])cc(N(C)CCSC)n1. The topological polar surface area (TPSA) is 71.3 Å². The Labute approximate surface area is 111 Å². The summed E-state index contributed by atoms with van der Waals surface area (Å²) in [5.41, 5.74) is 0.0620. The average Bonchev–Trinajstić information content (AvgIpc) is 2.35. The van der Waals surface area contributed by atoms with E-state index >= 15 is 0 Å². The molecule has 18 heavy (non-hydrogen) atoms. The Morgan fingerprint density at radius 2 is 2.28 bits per heavy atom. The maximum atomic E-state index is 10.9. The zero-order chi connectivity index (χ0) is 13.5. The first-order chi connectivity index (χ1) is 8.58. The molecule has 100 valence electrons. The van der Waals surface area contributed by atoms with Crippen molar-refractivity contribution in [2.24, 2.45) is 0 Å². The molecule has 1 aromatic rings. The molecule has 0 atom stereocenters. The largest absolute Gasteiger partial charge is 0.370 e. The Balaban J connectivity index is 2.98. The van der Waals surface area contributed by atoms with E-state index in [1.165, 1.54) is 12.1 Å². The van der Waals surface area contributed by atoms with Crippen LogP contribution >= 0.6 is 11.8 Å². The van der Waals surface area contributed by atoms with Crippen LogP contribution < -0.4 is 10.2 Å². The maximum Gasteiger partial charge on any atom is 0.276 e. The Hall–Kier alpha value is -1.50. The monoisotopic (exact) mass is 270 g/mol. The molecule has 0 bridgehead atoms. The summed E-state index contributed by atoms with van der Waals surface area (Å²) in [6, 6.07) is 2.95. The molecule has 0 aliphatic carbocycles. The highest BCUT2D eigenvalue weighted by atomic mass is 32.2. The first-order valence-electron chi connectivity index (χ1n) is 5.69. The van der Waals surface area contributed by atoms with Crippen molar-refractivity contribution in [3.05, 3.63) is 22.2 Å². The summed E-state index contributed by atoms with van der Waals surface area (Å²) in [6.45, 7) is 3.42. The first-order valence-corrected chi connectivity index (χ1v) is 7.08. The lowest BCUT2D eigenvalue weighted by atomic mass is 10.3. The molecule has 0 saturated heterocycles. The van der Waals surface area contributed by atoms with Crippen molar-refractivity contribution in [1.82, 2.24) is 4.98 Å². The summed E-state index contributed by atoms with van der Waals surface area (Å²) in [5.74, 6) is 2.11. The molecule has 0 aliphatic heterocycles. The number of hydrogen-bond donors (Lipinski definition) is 1. The van der Waals surface area contributed by atoms with E-state index in [4.69, 9.17) is 0 Å². The van der Waals surface area contributed by atoms with Gasteiger partial charge in [0.1, 0.15) is 11.6 Å². The minimum Gasteiger partial charge on any atom is -0.370 e. The molecule has 0 radical (unpaired) electrons. The molecule has 0 aliphatic rings. The van der Waals surface area contributed by atoms with Gasteiger partial charge < -0.3 is 10.2 Å². The van der Waals surface area contributed by atoms with E-state index in [1.54, 1.807) is 11.8 Å². The Morgan fingerprint density at radius 3 is 2.83 bits per heavy atom. The van der Waals surface area contributed by atoms with E-state index in [-0.39, 0.29) is 5.69 Å². The molecule has 0 amide bonds. The lowest BCUT2D eigenvalue weighted by molar-refractivity contribution is -0.384. The van der Waals surface area contributed by atoms with Crippen molar-refractivity contribution >= 4 is 29.1 Å². The second-order valence-electron chi connectivity index (χ2n) is 3.77. The summed E-state index contributed by atoms with van der Waals surface area (Å²) in [7, 11) is 1.89. The number of thioether (sulfide) groups is 1. The van der Waals surface area contributed by atoms with E-state index in [9.17, 15) is 10.1 Å². The first kappa shape index (κ1) is 14.6. The van der Waals surface area contributed by atoms with Crippen LogP contribution in [0.3, 0.4) is 0 Å². The molecule has 0 fully saturated rings. The number of aromatic nitrogens is 1. The van der Waals surface area contributed by atoms with Crippen LogP contribution in [0.5, 0.6) is 0 Å². The average molecular weight is 270 g/mol. The summed E-state index contributed by atoms with van der Waals surface area (Å²) >= 11 is 1.73. The fraction of sp³-hybridized carbons (Fsp3) is 0.545. The van der Waals surface area contributed by atoms with E-state index in [0.29, 0.717) is 18.2 Å². The van der Waals surface area contributed by atoms with Crippen molar-refractivity contribution in [3.8, 4) is 0 Å². The van der Waals surface area contributed by atoms with Crippen LogP contribution in [0.25, 0.3) is 0 Å². The summed E-state index contributed by atoms with van der Waals surface area (Å²) in [5, 5.41) is 13.9. The lowest BCUT2D eigenvalue weighted by Gasteiger charge is -2.18. The highest BCUT2D eigenvalue weighted by Crippen LogP contribution is 2.22. The molecular formula is C11H18N4O2S. The standard InChI is InChI=1S/C11H18N4O2S/c1-4-12-10-7-9(15(16)17)8-11(13-10)14(2)5-6-18-3/h7-8H,4-6H2,1-3H3,(H,12,13). The van der Waals surface area contributed by atoms with Gasteiger partial charge in [-0.2, -0.15) is 11.8 Å². The third kappa shape index (κ3) is 4.06. The van der Waals surface area contributed by atoms with Crippen molar-refractivity contribution in [2.75, 3.05) is 42.4 Å². The summed E-state index contributed by atoms with van der Waals surface area (Å²) in [4.78, 5) is 16.8. The number of nitro groups is 1. The minimum absolute atomic E-state index is 0.0620. The van der Waals surface area contributed by atoms with Gasteiger partial charge in [0.15, 0.2) is 0 Å². The Morgan fingerprint density at radius 1 is 1.56 bits per heavy atom. The predicted molar refractivity (Wildman–Crippen MR) is 76.7 cm³/mol. The molecule has 0 aromatic carbocycles. The summed E-state index contributed by atoms with van der Waals surface area (Å²) in [6.07, 6.45) is 2.03. The number of hydrogen-bond acceptors (Lipinski definition) is 6. The predicted octanol–water partition coefficient (Wildman–Crippen LogP) is 2.22. The molecule has 1 rings (SSSR count). The third-order valence-electron chi connectivity index (χ3n) is 2.39. The van der Waals surface area contributed by atoms with Gasteiger partial charge in [0.05, 0.1) is 17.1 Å². The second-order valence-corrected chi connectivity index (χ2v) is 4.76. The van der Waals surface area contributed by atoms with Crippen LogP contribution in [0.1, 0.15) is 6.92 Å². The van der Waals surface area contributed by atoms with Crippen LogP contribution in [-0.4, -0.2) is 42.1 Å². The van der Waals surface area contributed by atoms with Crippen molar-refractivity contribution in [3.63, 3.8) is 0 Å². The minimum atomic E-state index is -0.394. The van der Waals surface area contributed by atoms with Crippen molar-refractivity contribution < 1.29 is 4.92 Å². The second kappa shape index (κ2) is 7.05. The highest BCUT2D eigenvalue weighted by Gasteiger charge is 2.13. The maximum absolute atomic E-state index is 10.9. The molecule has 0 unspecified atom stereocenters. The third-order valence-corrected chi connectivity index (χ3v) is 2.98. The van der Waals surface area contributed by atoms with E-state index in [1.807, 2.05) is 25.1 Å². The smallest absolute Gasteiger partial charge is 0.276 e. The van der Waals surface area contributed by atoms with Crippen molar-refractivity contribution in [1.29, 1.82) is 0 Å². The molecular weight excluding hydrogens is 252 g/mol. The molecule has 0 saturated carbocycles. The van der Waals surface area contributed by atoms with Crippen LogP contribution in [-0.2, 0) is 0 Å². The number of anilines is 2. The zero-order valence-corrected chi connectivity index (χ0v) is 11.7. The Kier molecular flexibility index (Phi) is 5.70. The number of pyridine rings is 1. The van der Waals surface area contributed by atoms with Crippen molar-refractivity contribution in [2.45, 2.75) is 6.92 Å². The van der Waals surface area contributed by atoms with Crippen LogP contribution in [0, 0.1) is 10.1 Å². The van der Waals surface area contributed by atoms with Crippen LogP contribution in [0.2, 0.25) is 0 Å². The fourth-order valence-corrected chi connectivity index (χ4v) is 1.87. The van der Waals surface area contributed by atoms with Gasteiger partial charge in [-0.25, -0.2) is 4.98 Å². The fourth-order valence-electron chi connectivity index (χ4n) is 1.42. The molecule has 1 aromatic heterocycles. The molecule has 1 heterocycles. The van der Waals surface area contributed by atoms with E-state index in [2.05, 4.69) is 10.3 Å². The zero-order valence-electron chi connectivity index (χ0n) is 10.8. The normalized spacial score (nSPS) is 10.2. The van der Waals surface area contributed by atoms with Crippen LogP contribution in [0.4, 0.5) is 17.3 Å². The molecule has 7 heteroatoms. The van der Waals surface area contributed by atoms with Crippen LogP contribution in [0.15, 0.2) is 12.1 Å². The molecule has 1 N–H and O–H groups in total. The van der Waals surface area contributed by atoms with E-state index in [0.717, 1.165) is 12.3 Å². The quantitative estimate of drug-likeness (QED) is 0.605. The molecule has 0 spiro atoms. The van der Waals surface area contributed by atoms with Gasteiger partial charge >= 0.3 is 0 Å².